The number of carbonyl (C=O) groups is 1. The minimum atomic E-state index is -4.14. The van der Waals surface area contributed by atoms with Gasteiger partial charge in [0.05, 0.1) is 12.5 Å². The van der Waals surface area contributed by atoms with E-state index in [4.69, 9.17) is 9.84 Å². The zero-order valence-electron chi connectivity index (χ0n) is 16.0. The topological polar surface area (TPSA) is 49.8 Å². The maximum absolute atomic E-state index is 12.2. The lowest BCUT2D eigenvalue weighted by Crippen LogP contribution is -2.28. The molecule has 0 amide bonds. The highest BCUT2D eigenvalue weighted by Gasteiger charge is 2.30. The molecule has 1 aromatic rings. The van der Waals surface area contributed by atoms with Crippen molar-refractivity contribution in [2.24, 2.45) is 11.8 Å². The van der Waals surface area contributed by atoms with Gasteiger partial charge in [-0.1, -0.05) is 24.6 Å². The highest BCUT2D eigenvalue weighted by molar-refractivity contribution is 5.70. The fourth-order valence-corrected chi connectivity index (χ4v) is 3.89. The second-order valence-corrected chi connectivity index (χ2v) is 7.81. The van der Waals surface area contributed by atoms with E-state index >= 15 is 0 Å². The number of hydrogen-bond donors (Lipinski definition) is 1. The first kappa shape index (κ1) is 20.7. The van der Waals surface area contributed by atoms with Crippen LogP contribution in [0, 0.1) is 11.8 Å². The van der Waals surface area contributed by atoms with Gasteiger partial charge in [-0.15, -0.1) is 0 Å². The van der Waals surface area contributed by atoms with E-state index in [0.717, 1.165) is 30.6 Å². The summed E-state index contributed by atoms with van der Waals surface area (Å²) in [6, 6.07) is 5.67. The van der Waals surface area contributed by atoms with Crippen molar-refractivity contribution >= 4 is 12.0 Å². The Morgan fingerprint density at radius 2 is 2.14 bits per heavy atom. The van der Waals surface area contributed by atoms with E-state index in [1.807, 2.05) is 12.1 Å². The number of rotatable bonds is 7. The molecule has 0 bridgehead atoms. The lowest BCUT2D eigenvalue weighted by molar-refractivity contribution is -0.141. The van der Waals surface area contributed by atoms with E-state index in [2.05, 4.69) is 17.9 Å². The molecule has 3 rings (SSSR count). The summed E-state index contributed by atoms with van der Waals surface area (Å²) in [5.74, 6) is -0.0595. The van der Waals surface area contributed by atoms with Gasteiger partial charge in [0.15, 0.2) is 0 Å². The van der Waals surface area contributed by atoms with Crippen LogP contribution in [0.3, 0.4) is 0 Å². The molecule has 4 nitrogen and oxygen atoms in total. The highest BCUT2D eigenvalue weighted by Crippen LogP contribution is 2.32. The minimum Gasteiger partial charge on any atom is -0.494 e. The van der Waals surface area contributed by atoms with Gasteiger partial charge in [-0.3, -0.25) is 9.69 Å². The third-order valence-corrected chi connectivity index (χ3v) is 5.52. The molecule has 154 valence electrons. The molecule has 1 aliphatic carbocycles. The fraction of sp³-hybridized carbons (Fsp3) is 0.571. The number of benzene rings is 1. The molecule has 1 aliphatic heterocycles. The van der Waals surface area contributed by atoms with Gasteiger partial charge in [0.25, 0.3) is 0 Å². The summed E-state index contributed by atoms with van der Waals surface area (Å²) in [5.41, 5.74) is 3.52. The Bertz CT molecular complexity index is 745. The maximum atomic E-state index is 12.2. The molecule has 0 radical (unpaired) electrons. The minimum absolute atomic E-state index is 0.0474. The van der Waals surface area contributed by atoms with Gasteiger partial charge in [-0.25, -0.2) is 0 Å². The quantitative estimate of drug-likeness (QED) is 0.694. The van der Waals surface area contributed by atoms with Gasteiger partial charge in [-0.05, 0) is 55.0 Å². The molecule has 7 heteroatoms. The van der Waals surface area contributed by atoms with Crippen LogP contribution in [-0.2, 0) is 11.2 Å². The van der Waals surface area contributed by atoms with Crippen molar-refractivity contribution in [3.63, 3.8) is 0 Å². The van der Waals surface area contributed by atoms with Crippen molar-refractivity contribution in [1.29, 1.82) is 0 Å². The smallest absolute Gasteiger partial charge is 0.389 e. The molecule has 1 unspecified atom stereocenters. The fourth-order valence-electron chi connectivity index (χ4n) is 3.89. The zero-order chi connectivity index (χ0) is 20.3. The molecule has 2 atom stereocenters. The number of carboxylic acids is 1. The lowest BCUT2D eigenvalue weighted by Gasteiger charge is -2.27. The van der Waals surface area contributed by atoms with Crippen LogP contribution in [0.5, 0.6) is 5.75 Å². The van der Waals surface area contributed by atoms with Gasteiger partial charge in [0, 0.05) is 19.5 Å². The monoisotopic (exact) mass is 397 g/mol. The summed E-state index contributed by atoms with van der Waals surface area (Å²) >= 11 is 0. The average Bonchev–Trinajstić information content (AvgIpc) is 3.07. The second kappa shape index (κ2) is 8.55. The van der Waals surface area contributed by atoms with Gasteiger partial charge >= 0.3 is 12.1 Å². The Labute approximate surface area is 163 Å². The Kier molecular flexibility index (Phi) is 6.33. The molecule has 1 heterocycles. The van der Waals surface area contributed by atoms with E-state index in [-0.39, 0.29) is 18.9 Å². The first-order valence-corrected chi connectivity index (χ1v) is 9.69. The van der Waals surface area contributed by atoms with E-state index in [1.165, 1.54) is 5.57 Å². The Morgan fingerprint density at radius 3 is 2.82 bits per heavy atom. The van der Waals surface area contributed by atoms with Crippen molar-refractivity contribution in [3.8, 4) is 5.75 Å². The molecule has 0 aromatic heterocycles. The molecule has 2 aliphatic rings. The number of alkyl halides is 3. The van der Waals surface area contributed by atoms with Gasteiger partial charge in [-0.2, -0.15) is 13.2 Å². The number of fused-ring (bicyclic) bond motifs is 1. The lowest BCUT2D eigenvalue weighted by atomic mass is 9.84. The predicted molar refractivity (Wildman–Crippen MR) is 100 cm³/mol. The van der Waals surface area contributed by atoms with Crippen LogP contribution in [0.15, 0.2) is 23.8 Å². The maximum Gasteiger partial charge on any atom is 0.389 e. The Hall–Kier alpha value is -2.02. The predicted octanol–water partition coefficient (Wildman–Crippen LogP) is 4.39. The summed E-state index contributed by atoms with van der Waals surface area (Å²) in [7, 11) is 0. The van der Waals surface area contributed by atoms with Crippen LogP contribution in [-0.4, -0.2) is 48.4 Å². The molecular weight excluding hydrogens is 371 g/mol. The number of nitrogens with zero attached hydrogens (tertiary/aromatic N) is 1. The zero-order valence-corrected chi connectivity index (χ0v) is 16.0. The number of halogens is 3. The number of likely N-dealkylation sites (tertiary alicyclic amines) is 1. The second-order valence-electron chi connectivity index (χ2n) is 7.81. The van der Waals surface area contributed by atoms with Crippen molar-refractivity contribution in [2.45, 2.75) is 38.8 Å². The molecule has 28 heavy (non-hydrogen) atoms. The summed E-state index contributed by atoms with van der Waals surface area (Å²) in [6.07, 6.45) is -1.32. The standard InChI is InChI=1S/C21H26F3NO3/c1-14-9-17-11-19(28-8-2-6-21(22,23)24)4-3-15(17)10-18(14)13-25-7-5-16(12-25)20(26)27/h3-4,10-11,14,16H,2,5-9,12-13H2,1H3,(H,26,27)/t14-,16?/m0/s1. The molecular formula is C21H26F3NO3. The van der Waals surface area contributed by atoms with Gasteiger partial charge in [0.2, 0.25) is 0 Å². The van der Waals surface area contributed by atoms with E-state index in [0.29, 0.717) is 24.6 Å². The number of aliphatic carboxylic acids is 1. The first-order chi connectivity index (χ1) is 13.2. The van der Waals surface area contributed by atoms with Crippen molar-refractivity contribution in [3.05, 3.63) is 34.9 Å². The van der Waals surface area contributed by atoms with Crippen LogP contribution in [0.2, 0.25) is 0 Å². The van der Waals surface area contributed by atoms with Crippen LogP contribution < -0.4 is 4.74 Å². The van der Waals surface area contributed by atoms with Crippen LogP contribution in [0.25, 0.3) is 6.08 Å². The van der Waals surface area contributed by atoms with Crippen molar-refractivity contribution in [2.75, 3.05) is 26.2 Å². The van der Waals surface area contributed by atoms with Crippen LogP contribution in [0.4, 0.5) is 13.2 Å². The summed E-state index contributed by atoms with van der Waals surface area (Å²) in [4.78, 5) is 13.3. The third kappa shape index (κ3) is 5.50. The first-order valence-electron chi connectivity index (χ1n) is 9.69. The third-order valence-electron chi connectivity index (χ3n) is 5.52. The molecule has 0 spiro atoms. The van der Waals surface area contributed by atoms with Gasteiger partial charge in [0.1, 0.15) is 5.75 Å². The van der Waals surface area contributed by atoms with E-state index in [9.17, 15) is 18.0 Å². The molecule has 0 saturated carbocycles. The van der Waals surface area contributed by atoms with Crippen LogP contribution in [0.1, 0.15) is 37.3 Å². The number of hydrogen-bond acceptors (Lipinski definition) is 3. The van der Waals surface area contributed by atoms with Gasteiger partial charge < -0.3 is 9.84 Å². The Balaban J connectivity index is 1.58. The largest absolute Gasteiger partial charge is 0.494 e. The molecule has 1 saturated heterocycles. The number of carboxylic acid groups (broad SMARTS) is 1. The molecule has 1 fully saturated rings. The van der Waals surface area contributed by atoms with E-state index in [1.54, 1.807) is 6.07 Å². The summed E-state index contributed by atoms with van der Waals surface area (Å²) < 4.78 is 42.1. The highest BCUT2D eigenvalue weighted by atomic mass is 19.4. The summed E-state index contributed by atoms with van der Waals surface area (Å²) in [5, 5.41) is 9.15. The summed E-state index contributed by atoms with van der Waals surface area (Å²) in [6.45, 7) is 4.38. The SMILES string of the molecule is C[C@H]1Cc2cc(OCCCC(F)(F)F)ccc2C=C1CN1CCC(C(=O)O)C1. The average molecular weight is 397 g/mol. The number of ether oxygens (including phenoxy) is 1. The van der Waals surface area contributed by atoms with E-state index < -0.39 is 18.6 Å². The van der Waals surface area contributed by atoms with Crippen molar-refractivity contribution < 1.29 is 27.8 Å². The van der Waals surface area contributed by atoms with Crippen LogP contribution >= 0.6 is 0 Å². The Morgan fingerprint density at radius 1 is 1.36 bits per heavy atom. The van der Waals surface area contributed by atoms with Crippen molar-refractivity contribution in [1.82, 2.24) is 4.90 Å². The molecule has 1 aromatic carbocycles. The normalized spacial score (nSPS) is 22.6. The molecule has 1 N–H and O–H groups in total.